The molecule has 1 aromatic heterocycles. The monoisotopic (exact) mass is 392 g/mol. The second-order valence-corrected chi connectivity index (χ2v) is 7.09. The van der Waals surface area contributed by atoms with Gasteiger partial charge >= 0.3 is 0 Å². The fourth-order valence-electron chi connectivity index (χ4n) is 3.32. The average Bonchev–Trinajstić information content (AvgIpc) is 3.09. The summed E-state index contributed by atoms with van der Waals surface area (Å²) in [6, 6.07) is 17.5. The van der Waals surface area contributed by atoms with Crippen molar-refractivity contribution in [2.75, 3.05) is 18.5 Å². The van der Waals surface area contributed by atoms with Crippen LogP contribution in [0.3, 0.4) is 0 Å². The molecule has 0 unspecified atom stereocenters. The first-order chi connectivity index (χ1) is 14.1. The molecule has 2 aromatic carbocycles. The number of imidazole rings is 1. The lowest BCUT2D eigenvalue weighted by Crippen LogP contribution is -2.30. The molecule has 0 fully saturated rings. The van der Waals surface area contributed by atoms with Gasteiger partial charge in [0.05, 0.1) is 11.0 Å². The van der Waals surface area contributed by atoms with Crippen LogP contribution in [-0.2, 0) is 22.6 Å². The van der Waals surface area contributed by atoms with Gasteiger partial charge in [-0.15, -0.1) is 0 Å². The molecule has 0 radical (unpaired) electrons. The number of hydrogen-bond donors (Lipinski definition) is 1. The lowest BCUT2D eigenvalue weighted by Gasteiger charge is -2.18. The molecule has 0 spiro atoms. The Morgan fingerprint density at radius 3 is 2.55 bits per heavy atom. The van der Waals surface area contributed by atoms with E-state index in [1.807, 2.05) is 66.1 Å². The van der Waals surface area contributed by atoms with Crippen LogP contribution in [0.4, 0.5) is 5.69 Å². The number of carbonyl (C=O) groups is 2. The van der Waals surface area contributed by atoms with Crippen LogP contribution < -0.4 is 10.2 Å². The highest BCUT2D eigenvalue weighted by Crippen LogP contribution is 2.19. The zero-order chi connectivity index (χ0) is 20.6. The Bertz CT molecular complexity index is 965. The minimum absolute atomic E-state index is 0.00292. The summed E-state index contributed by atoms with van der Waals surface area (Å²) in [5.74, 6) is 0.947. The van der Waals surface area contributed by atoms with Gasteiger partial charge in [-0.1, -0.05) is 37.3 Å². The van der Waals surface area contributed by atoms with Gasteiger partial charge < -0.3 is 14.8 Å². The molecule has 0 aliphatic carbocycles. The molecule has 29 heavy (non-hydrogen) atoms. The summed E-state index contributed by atoms with van der Waals surface area (Å²) >= 11 is 0. The number of anilines is 1. The van der Waals surface area contributed by atoms with E-state index in [2.05, 4.69) is 5.32 Å². The summed E-state index contributed by atoms with van der Waals surface area (Å²) in [6.45, 7) is 2.83. The van der Waals surface area contributed by atoms with Crippen LogP contribution in [0.2, 0.25) is 0 Å². The third-order valence-corrected chi connectivity index (χ3v) is 4.92. The first-order valence-corrected chi connectivity index (χ1v) is 10.1. The molecule has 6 heteroatoms. The topological polar surface area (TPSA) is 67.2 Å². The Morgan fingerprint density at radius 2 is 1.79 bits per heavy atom. The van der Waals surface area contributed by atoms with Gasteiger partial charge in [0.25, 0.3) is 0 Å². The summed E-state index contributed by atoms with van der Waals surface area (Å²) in [5.41, 5.74) is 2.70. The summed E-state index contributed by atoms with van der Waals surface area (Å²) in [5, 5.41) is 2.94. The van der Waals surface area contributed by atoms with Gasteiger partial charge in [-0.3, -0.25) is 9.59 Å². The predicted molar refractivity (Wildman–Crippen MR) is 116 cm³/mol. The number of benzene rings is 2. The van der Waals surface area contributed by atoms with Crippen LogP contribution in [-0.4, -0.2) is 35.0 Å². The second kappa shape index (κ2) is 9.87. The van der Waals surface area contributed by atoms with Crippen LogP contribution in [0.25, 0.3) is 11.0 Å². The largest absolute Gasteiger partial charge is 0.356 e. The van der Waals surface area contributed by atoms with Crippen molar-refractivity contribution in [1.82, 2.24) is 14.9 Å². The minimum atomic E-state index is -0.00292. The third-order valence-electron chi connectivity index (χ3n) is 4.92. The van der Waals surface area contributed by atoms with Crippen LogP contribution in [0.15, 0.2) is 54.6 Å². The maximum atomic E-state index is 12.9. The van der Waals surface area contributed by atoms with Gasteiger partial charge in [0.15, 0.2) is 0 Å². The summed E-state index contributed by atoms with van der Waals surface area (Å²) < 4.78 is 1.99. The van der Waals surface area contributed by atoms with Gasteiger partial charge in [0.2, 0.25) is 11.8 Å². The molecule has 1 N–H and O–H groups in total. The van der Waals surface area contributed by atoms with E-state index in [0.29, 0.717) is 19.4 Å². The SMILES string of the molecule is CCCC(=O)NCCCc1nc2ccccc2n1CC(=O)N(C)c1ccccc1. The molecule has 3 aromatic rings. The Hall–Kier alpha value is -3.15. The Labute approximate surface area is 171 Å². The van der Waals surface area contributed by atoms with Crippen LogP contribution >= 0.6 is 0 Å². The number of nitrogens with one attached hydrogen (secondary N) is 1. The predicted octanol–water partition coefficient (Wildman–Crippen LogP) is 3.55. The number of likely N-dealkylation sites (N-methyl/N-ethyl adjacent to an activating group) is 1. The van der Waals surface area contributed by atoms with Gasteiger partial charge in [-0.2, -0.15) is 0 Å². The number of hydrogen-bond acceptors (Lipinski definition) is 3. The van der Waals surface area contributed by atoms with E-state index in [4.69, 9.17) is 4.98 Å². The molecule has 1 heterocycles. The van der Waals surface area contributed by atoms with E-state index in [9.17, 15) is 9.59 Å². The van der Waals surface area contributed by atoms with Crippen molar-refractivity contribution in [3.63, 3.8) is 0 Å². The van der Waals surface area contributed by atoms with Gasteiger partial charge in [0, 0.05) is 32.1 Å². The molecule has 152 valence electrons. The van der Waals surface area contributed by atoms with Crippen LogP contribution in [0.1, 0.15) is 32.0 Å². The van der Waals surface area contributed by atoms with Crippen LogP contribution in [0, 0.1) is 0 Å². The fraction of sp³-hybridized carbons (Fsp3) is 0.348. The maximum absolute atomic E-state index is 12.9. The summed E-state index contributed by atoms with van der Waals surface area (Å²) in [4.78, 5) is 31.0. The van der Waals surface area contributed by atoms with E-state index < -0.39 is 0 Å². The second-order valence-electron chi connectivity index (χ2n) is 7.09. The molecular formula is C23H28N4O2. The summed E-state index contributed by atoms with van der Waals surface area (Å²) in [6.07, 6.45) is 2.88. The van der Waals surface area contributed by atoms with Gasteiger partial charge in [-0.25, -0.2) is 4.98 Å². The standard InChI is InChI=1S/C23H28N4O2/c1-3-10-22(28)24-16-9-15-21-25-19-13-7-8-14-20(19)27(21)17-23(29)26(2)18-11-5-4-6-12-18/h4-8,11-14H,3,9-10,15-17H2,1-2H3,(H,24,28). The molecule has 0 aliphatic rings. The van der Waals surface area contributed by atoms with E-state index >= 15 is 0 Å². The molecule has 0 bridgehead atoms. The number of amides is 2. The molecule has 0 aliphatic heterocycles. The third kappa shape index (κ3) is 5.22. The van der Waals surface area contributed by atoms with Gasteiger partial charge in [-0.05, 0) is 37.1 Å². The maximum Gasteiger partial charge on any atom is 0.246 e. The molecular weight excluding hydrogens is 364 g/mol. The zero-order valence-electron chi connectivity index (χ0n) is 17.1. The minimum Gasteiger partial charge on any atom is -0.356 e. The number of nitrogens with zero attached hydrogens (tertiary/aromatic N) is 3. The van der Waals surface area contributed by atoms with E-state index in [1.54, 1.807) is 11.9 Å². The Balaban J connectivity index is 1.73. The van der Waals surface area contributed by atoms with E-state index in [0.717, 1.165) is 35.4 Å². The summed E-state index contributed by atoms with van der Waals surface area (Å²) in [7, 11) is 1.79. The number of fused-ring (bicyclic) bond motifs is 1. The smallest absolute Gasteiger partial charge is 0.246 e. The number of carbonyl (C=O) groups excluding carboxylic acids is 2. The fourth-order valence-corrected chi connectivity index (χ4v) is 3.32. The highest BCUT2D eigenvalue weighted by atomic mass is 16.2. The molecule has 3 rings (SSSR count). The molecule has 0 saturated carbocycles. The Kier molecular flexibility index (Phi) is 7.00. The molecule has 0 atom stereocenters. The normalized spacial score (nSPS) is 10.8. The van der Waals surface area contributed by atoms with Crippen molar-refractivity contribution >= 4 is 28.5 Å². The van der Waals surface area contributed by atoms with Crippen molar-refractivity contribution in [3.05, 3.63) is 60.4 Å². The molecule has 6 nitrogen and oxygen atoms in total. The van der Waals surface area contributed by atoms with Crippen molar-refractivity contribution < 1.29 is 9.59 Å². The van der Waals surface area contributed by atoms with E-state index in [-0.39, 0.29) is 18.4 Å². The average molecular weight is 393 g/mol. The lowest BCUT2D eigenvalue weighted by atomic mass is 10.2. The highest BCUT2D eigenvalue weighted by Gasteiger charge is 2.17. The van der Waals surface area contributed by atoms with Crippen molar-refractivity contribution in [2.24, 2.45) is 0 Å². The number of aromatic nitrogens is 2. The van der Waals surface area contributed by atoms with Crippen molar-refractivity contribution in [2.45, 2.75) is 39.2 Å². The van der Waals surface area contributed by atoms with E-state index in [1.165, 1.54) is 0 Å². The van der Waals surface area contributed by atoms with Gasteiger partial charge in [0.1, 0.15) is 12.4 Å². The van der Waals surface area contributed by atoms with Crippen LogP contribution in [0.5, 0.6) is 0 Å². The number of rotatable bonds is 9. The molecule has 2 amide bonds. The van der Waals surface area contributed by atoms with Crippen molar-refractivity contribution in [1.29, 1.82) is 0 Å². The first-order valence-electron chi connectivity index (χ1n) is 10.1. The number of aryl methyl sites for hydroxylation is 1. The lowest BCUT2D eigenvalue weighted by molar-refractivity contribution is -0.121. The Morgan fingerprint density at radius 1 is 1.07 bits per heavy atom. The highest BCUT2D eigenvalue weighted by molar-refractivity contribution is 5.93. The quantitative estimate of drug-likeness (QED) is 0.566. The molecule has 0 saturated heterocycles. The zero-order valence-corrected chi connectivity index (χ0v) is 17.1. The first kappa shape index (κ1) is 20.6. The van der Waals surface area contributed by atoms with Crippen molar-refractivity contribution in [3.8, 4) is 0 Å². The number of para-hydroxylation sites is 3.